The fraction of sp³-hybridized carbons (Fsp3) is 0.867. The van der Waals surface area contributed by atoms with Crippen LogP contribution in [0.1, 0.15) is 39.5 Å². The summed E-state index contributed by atoms with van der Waals surface area (Å²) < 4.78 is 0. The van der Waals surface area contributed by atoms with Crippen molar-refractivity contribution in [3.8, 4) is 0 Å². The fourth-order valence-electron chi connectivity index (χ4n) is 2.79. The first-order valence-electron chi connectivity index (χ1n) is 7.43. The van der Waals surface area contributed by atoms with E-state index in [1.807, 2.05) is 0 Å². The summed E-state index contributed by atoms with van der Waals surface area (Å²) in [5.74, 6) is 2.72. The molecule has 2 heterocycles. The van der Waals surface area contributed by atoms with Crippen LogP contribution in [0.5, 0.6) is 0 Å². The predicted molar refractivity (Wildman–Crippen MR) is 82.4 cm³/mol. The van der Waals surface area contributed by atoms with Crippen LogP contribution in [-0.4, -0.2) is 48.1 Å². The van der Waals surface area contributed by atoms with E-state index in [0.29, 0.717) is 0 Å². The Balaban J connectivity index is 1.65. The fourth-order valence-corrected chi connectivity index (χ4v) is 3.90. The van der Waals surface area contributed by atoms with Crippen molar-refractivity contribution < 1.29 is 0 Å². The van der Waals surface area contributed by atoms with Crippen molar-refractivity contribution in [3.05, 3.63) is 11.6 Å². The maximum absolute atomic E-state index is 3.89. The van der Waals surface area contributed by atoms with Crippen molar-refractivity contribution in [1.29, 1.82) is 0 Å². The van der Waals surface area contributed by atoms with Gasteiger partial charge in [-0.2, -0.15) is 11.8 Å². The monoisotopic (exact) mass is 268 g/mol. The van der Waals surface area contributed by atoms with Crippen molar-refractivity contribution in [2.24, 2.45) is 0 Å². The number of likely N-dealkylation sites (tertiary alicyclic amines) is 1. The molecule has 0 spiro atoms. The number of rotatable bonds is 4. The van der Waals surface area contributed by atoms with E-state index < -0.39 is 0 Å². The molecule has 0 radical (unpaired) electrons. The van der Waals surface area contributed by atoms with Gasteiger partial charge in [-0.1, -0.05) is 11.6 Å². The molecule has 3 heteroatoms. The van der Waals surface area contributed by atoms with Gasteiger partial charge < -0.3 is 5.32 Å². The Kier molecular flexibility index (Phi) is 6.06. The molecule has 2 rings (SSSR count). The van der Waals surface area contributed by atoms with E-state index in [9.17, 15) is 0 Å². The van der Waals surface area contributed by atoms with Gasteiger partial charge in [0, 0.05) is 18.6 Å². The number of piperidine rings is 1. The highest BCUT2D eigenvalue weighted by Crippen LogP contribution is 2.19. The molecule has 0 bridgehead atoms. The van der Waals surface area contributed by atoms with Crippen LogP contribution in [0.2, 0.25) is 0 Å². The third-order valence-corrected chi connectivity index (χ3v) is 5.09. The Morgan fingerprint density at radius 1 is 1.11 bits per heavy atom. The first kappa shape index (κ1) is 14.4. The molecule has 2 nitrogen and oxygen atoms in total. The zero-order valence-corrected chi connectivity index (χ0v) is 12.8. The van der Waals surface area contributed by atoms with Gasteiger partial charge in [-0.05, 0) is 64.1 Å². The van der Waals surface area contributed by atoms with Crippen LogP contribution in [0.3, 0.4) is 0 Å². The Hall–Kier alpha value is 0.0100. The lowest BCUT2D eigenvalue weighted by atomic mass is 10.0. The van der Waals surface area contributed by atoms with Gasteiger partial charge in [0.1, 0.15) is 0 Å². The standard InChI is InChI=1S/C15H28N2S/c1-13(2)3-8-17-9-4-14(5-10-17)16-15-6-11-18-12-7-15/h3,14-16H,4-12H2,1-2H3. The molecule has 0 aromatic carbocycles. The molecule has 104 valence electrons. The normalized spacial score (nSPS) is 24.1. The summed E-state index contributed by atoms with van der Waals surface area (Å²) >= 11 is 2.12. The summed E-state index contributed by atoms with van der Waals surface area (Å²) in [4.78, 5) is 2.59. The number of nitrogens with one attached hydrogen (secondary N) is 1. The number of hydrogen-bond donors (Lipinski definition) is 1. The Morgan fingerprint density at radius 3 is 2.33 bits per heavy atom. The van der Waals surface area contributed by atoms with Gasteiger partial charge in [0.05, 0.1) is 0 Å². The van der Waals surface area contributed by atoms with Crippen LogP contribution in [0.15, 0.2) is 11.6 Å². The lowest BCUT2D eigenvalue weighted by Crippen LogP contribution is -2.47. The molecular weight excluding hydrogens is 240 g/mol. The third kappa shape index (κ3) is 4.94. The van der Waals surface area contributed by atoms with Gasteiger partial charge in [0.25, 0.3) is 0 Å². The molecule has 2 aliphatic heterocycles. The average Bonchev–Trinajstić information content (AvgIpc) is 2.39. The van der Waals surface area contributed by atoms with E-state index in [1.54, 1.807) is 0 Å². The lowest BCUT2D eigenvalue weighted by molar-refractivity contribution is 0.204. The molecule has 2 saturated heterocycles. The Morgan fingerprint density at radius 2 is 1.72 bits per heavy atom. The van der Waals surface area contributed by atoms with Gasteiger partial charge >= 0.3 is 0 Å². The van der Waals surface area contributed by atoms with Gasteiger partial charge in [-0.3, -0.25) is 4.90 Å². The Bertz CT molecular complexity index is 260. The summed E-state index contributed by atoms with van der Waals surface area (Å²) in [6, 6.07) is 1.58. The first-order valence-corrected chi connectivity index (χ1v) is 8.59. The predicted octanol–water partition coefficient (Wildman–Crippen LogP) is 2.90. The lowest BCUT2D eigenvalue weighted by Gasteiger charge is -2.35. The first-order chi connectivity index (χ1) is 8.74. The van der Waals surface area contributed by atoms with Gasteiger partial charge in [0.2, 0.25) is 0 Å². The zero-order chi connectivity index (χ0) is 12.8. The SMILES string of the molecule is CC(C)=CCN1CCC(NC2CCSCC2)CC1. The quantitative estimate of drug-likeness (QED) is 0.789. The van der Waals surface area contributed by atoms with E-state index in [4.69, 9.17) is 0 Å². The van der Waals surface area contributed by atoms with E-state index in [2.05, 4.69) is 41.9 Å². The molecular formula is C15H28N2S. The smallest absolute Gasteiger partial charge is 0.0165 e. The van der Waals surface area contributed by atoms with Crippen LogP contribution in [0.25, 0.3) is 0 Å². The summed E-state index contributed by atoms with van der Waals surface area (Å²) in [5, 5.41) is 3.89. The van der Waals surface area contributed by atoms with Crippen molar-refractivity contribution >= 4 is 11.8 Å². The van der Waals surface area contributed by atoms with Gasteiger partial charge in [-0.25, -0.2) is 0 Å². The highest BCUT2D eigenvalue weighted by molar-refractivity contribution is 7.99. The molecule has 0 aromatic heterocycles. The van der Waals surface area contributed by atoms with Gasteiger partial charge in [-0.15, -0.1) is 0 Å². The molecule has 0 aliphatic carbocycles. The second-order valence-corrected chi connectivity index (χ2v) is 7.13. The highest BCUT2D eigenvalue weighted by atomic mass is 32.2. The minimum Gasteiger partial charge on any atom is -0.311 e. The molecule has 0 saturated carbocycles. The minimum absolute atomic E-state index is 0.779. The molecule has 0 aromatic rings. The van der Waals surface area contributed by atoms with E-state index in [0.717, 1.165) is 18.6 Å². The van der Waals surface area contributed by atoms with Crippen molar-refractivity contribution in [3.63, 3.8) is 0 Å². The zero-order valence-electron chi connectivity index (χ0n) is 12.0. The summed E-state index contributed by atoms with van der Waals surface area (Å²) in [6.07, 6.45) is 7.78. The van der Waals surface area contributed by atoms with Crippen LogP contribution in [0, 0.1) is 0 Å². The average molecular weight is 268 g/mol. The molecule has 2 fully saturated rings. The van der Waals surface area contributed by atoms with Gasteiger partial charge in [0.15, 0.2) is 0 Å². The number of thioether (sulfide) groups is 1. The second-order valence-electron chi connectivity index (χ2n) is 5.91. The molecule has 1 N–H and O–H groups in total. The van der Waals surface area contributed by atoms with Crippen LogP contribution < -0.4 is 5.32 Å². The molecule has 18 heavy (non-hydrogen) atoms. The van der Waals surface area contributed by atoms with Crippen LogP contribution in [-0.2, 0) is 0 Å². The topological polar surface area (TPSA) is 15.3 Å². The molecule has 0 amide bonds. The highest BCUT2D eigenvalue weighted by Gasteiger charge is 2.22. The molecule has 2 aliphatic rings. The van der Waals surface area contributed by atoms with Crippen LogP contribution in [0.4, 0.5) is 0 Å². The maximum atomic E-state index is 3.89. The van der Waals surface area contributed by atoms with Crippen molar-refractivity contribution in [2.75, 3.05) is 31.1 Å². The van der Waals surface area contributed by atoms with Crippen molar-refractivity contribution in [2.45, 2.75) is 51.6 Å². The van der Waals surface area contributed by atoms with E-state index >= 15 is 0 Å². The summed E-state index contributed by atoms with van der Waals surface area (Å²) in [5.41, 5.74) is 1.44. The molecule has 0 atom stereocenters. The van der Waals surface area contributed by atoms with E-state index in [1.165, 1.54) is 55.9 Å². The number of nitrogens with zero attached hydrogens (tertiary/aromatic N) is 1. The van der Waals surface area contributed by atoms with E-state index in [-0.39, 0.29) is 0 Å². The molecule has 0 unspecified atom stereocenters. The van der Waals surface area contributed by atoms with Crippen molar-refractivity contribution in [1.82, 2.24) is 10.2 Å². The largest absolute Gasteiger partial charge is 0.311 e. The Labute approximate surface area is 117 Å². The summed E-state index contributed by atoms with van der Waals surface area (Å²) in [7, 11) is 0. The number of hydrogen-bond acceptors (Lipinski definition) is 3. The second kappa shape index (κ2) is 7.56. The third-order valence-electron chi connectivity index (χ3n) is 4.04. The van der Waals surface area contributed by atoms with Crippen LogP contribution >= 0.6 is 11.8 Å². The maximum Gasteiger partial charge on any atom is 0.0165 e. The minimum atomic E-state index is 0.779. The summed E-state index contributed by atoms with van der Waals surface area (Å²) in [6.45, 7) is 8.06. The number of allylic oxidation sites excluding steroid dienone is 1.